The molecule has 1 aliphatic heterocycles. The Kier molecular flexibility index (Phi) is 4.83. The molecular formula is C18H16FNO5. The van der Waals surface area contributed by atoms with Crippen LogP contribution in [0.1, 0.15) is 11.1 Å². The zero-order chi connectivity index (χ0) is 17.8. The van der Waals surface area contributed by atoms with Gasteiger partial charge in [-0.1, -0.05) is 12.1 Å². The number of amides is 1. The van der Waals surface area contributed by atoms with Crippen molar-refractivity contribution in [2.24, 2.45) is 0 Å². The van der Waals surface area contributed by atoms with Crippen LogP contribution in [0.25, 0.3) is 0 Å². The van der Waals surface area contributed by atoms with Crippen LogP contribution < -0.4 is 14.8 Å². The second-order valence-electron chi connectivity index (χ2n) is 5.61. The minimum absolute atomic E-state index is 0.244. The number of hydrogen-bond acceptors (Lipinski definition) is 4. The van der Waals surface area contributed by atoms with Gasteiger partial charge in [0.25, 0.3) is 5.91 Å². The van der Waals surface area contributed by atoms with Gasteiger partial charge < -0.3 is 19.9 Å². The molecule has 0 saturated carbocycles. The van der Waals surface area contributed by atoms with Crippen molar-refractivity contribution < 1.29 is 28.6 Å². The highest BCUT2D eigenvalue weighted by Gasteiger charge is 2.29. The predicted molar refractivity (Wildman–Crippen MR) is 85.9 cm³/mol. The van der Waals surface area contributed by atoms with Crippen molar-refractivity contribution >= 4 is 11.9 Å². The monoisotopic (exact) mass is 345 g/mol. The lowest BCUT2D eigenvalue weighted by atomic mass is 10.1. The number of ether oxygens (including phenoxy) is 2. The third-order valence-corrected chi connectivity index (χ3v) is 3.72. The molecule has 1 aliphatic rings. The minimum Gasteiger partial charge on any atom is -0.482 e. The maximum Gasteiger partial charge on any atom is 0.341 e. The van der Waals surface area contributed by atoms with Gasteiger partial charge in [-0.3, -0.25) is 4.79 Å². The van der Waals surface area contributed by atoms with Crippen molar-refractivity contribution in [3.63, 3.8) is 0 Å². The molecule has 0 aromatic heterocycles. The lowest BCUT2D eigenvalue weighted by Gasteiger charge is -2.12. The van der Waals surface area contributed by atoms with Gasteiger partial charge in [0, 0.05) is 18.5 Å². The minimum atomic E-state index is -1.06. The Morgan fingerprint density at radius 2 is 2.12 bits per heavy atom. The summed E-state index contributed by atoms with van der Waals surface area (Å²) in [7, 11) is 0. The van der Waals surface area contributed by atoms with Gasteiger partial charge in [0.15, 0.2) is 12.7 Å². The van der Waals surface area contributed by atoms with Gasteiger partial charge in [0.05, 0.1) is 0 Å². The molecule has 0 fully saturated rings. The second-order valence-corrected chi connectivity index (χ2v) is 5.61. The Hall–Kier alpha value is -3.09. The molecule has 2 N–H and O–H groups in total. The zero-order valence-corrected chi connectivity index (χ0v) is 13.2. The van der Waals surface area contributed by atoms with Gasteiger partial charge >= 0.3 is 5.97 Å². The standard InChI is InChI=1S/C18H16FNO5/c19-13-4-5-15-12(7-13)8-16(25-15)18(23)20-9-11-2-1-3-14(6-11)24-10-17(21)22/h1-7,16H,8-10H2,(H,20,23)(H,21,22). The van der Waals surface area contributed by atoms with Crippen LogP contribution >= 0.6 is 0 Å². The molecule has 0 aliphatic carbocycles. The Morgan fingerprint density at radius 3 is 2.92 bits per heavy atom. The number of carboxylic acids is 1. The molecule has 25 heavy (non-hydrogen) atoms. The summed E-state index contributed by atoms with van der Waals surface area (Å²) in [5.41, 5.74) is 1.43. The van der Waals surface area contributed by atoms with Gasteiger partial charge in [0.2, 0.25) is 0 Å². The average molecular weight is 345 g/mol. The second kappa shape index (κ2) is 7.21. The number of carbonyl (C=O) groups excluding carboxylic acids is 1. The molecule has 130 valence electrons. The Balaban J connectivity index is 1.55. The summed E-state index contributed by atoms with van der Waals surface area (Å²) >= 11 is 0. The molecule has 3 rings (SSSR count). The van der Waals surface area contributed by atoms with Gasteiger partial charge in [-0.25, -0.2) is 9.18 Å². The summed E-state index contributed by atoms with van der Waals surface area (Å²) in [5, 5.41) is 11.4. The van der Waals surface area contributed by atoms with E-state index in [1.165, 1.54) is 18.2 Å². The molecule has 0 spiro atoms. The molecule has 0 bridgehead atoms. The molecule has 0 radical (unpaired) electrons. The highest BCUT2D eigenvalue weighted by molar-refractivity contribution is 5.82. The van der Waals surface area contributed by atoms with Gasteiger partial charge in [-0.05, 0) is 35.9 Å². The van der Waals surface area contributed by atoms with E-state index in [1.54, 1.807) is 24.3 Å². The lowest BCUT2D eigenvalue weighted by molar-refractivity contribution is -0.139. The zero-order valence-electron chi connectivity index (χ0n) is 13.2. The van der Waals surface area contributed by atoms with Gasteiger partial charge in [-0.2, -0.15) is 0 Å². The maximum atomic E-state index is 13.2. The summed E-state index contributed by atoms with van der Waals surface area (Å²) in [6.45, 7) is -0.186. The van der Waals surface area contributed by atoms with Crippen LogP contribution in [0.5, 0.6) is 11.5 Å². The first kappa shape index (κ1) is 16.8. The number of halogens is 1. The number of hydrogen-bond donors (Lipinski definition) is 2. The van der Waals surface area contributed by atoms with E-state index in [0.717, 1.165) is 5.56 Å². The van der Waals surface area contributed by atoms with Crippen LogP contribution in [0, 0.1) is 5.82 Å². The Labute approximate surface area is 143 Å². The van der Waals surface area contributed by atoms with Crippen LogP contribution in [-0.2, 0) is 22.6 Å². The fraction of sp³-hybridized carbons (Fsp3) is 0.222. The lowest BCUT2D eigenvalue weighted by Crippen LogP contribution is -2.37. The summed E-state index contributed by atoms with van der Waals surface area (Å²) in [6, 6.07) is 11.0. The Bertz CT molecular complexity index is 808. The SMILES string of the molecule is O=C(O)COc1cccc(CNC(=O)C2Cc3cc(F)ccc3O2)c1. The van der Waals surface area contributed by atoms with E-state index in [1.807, 2.05) is 0 Å². The molecule has 6 nitrogen and oxygen atoms in total. The summed E-state index contributed by atoms with van der Waals surface area (Å²) in [6.07, 6.45) is -0.371. The summed E-state index contributed by atoms with van der Waals surface area (Å²) in [4.78, 5) is 22.7. The van der Waals surface area contributed by atoms with Crippen molar-refractivity contribution in [1.82, 2.24) is 5.32 Å². The van der Waals surface area contributed by atoms with Crippen LogP contribution in [-0.4, -0.2) is 29.7 Å². The number of nitrogens with one attached hydrogen (secondary N) is 1. The van der Waals surface area contributed by atoms with E-state index < -0.39 is 18.7 Å². The third-order valence-electron chi connectivity index (χ3n) is 3.72. The Morgan fingerprint density at radius 1 is 1.28 bits per heavy atom. The molecule has 2 aromatic carbocycles. The fourth-order valence-corrected chi connectivity index (χ4v) is 2.56. The van der Waals surface area contributed by atoms with E-state index in [4.69, 9.17) is 14.6 Å². The van der Waals surface area contributed by atoms with Crippen molar-refractivity contribution in [1.29, 1.82) is 0 Å². The molecule has 1 amide bonds. The number of rotatable bonds is 6. The van der Waals surface area contributed by atoms with E-state index >= 15 is 0 Å². The molecule has 1 heterocycles. The van der Waals surface area contributed by atoms with E-state index in [0.29, 0.717) is 23.5 Å². The fourth-order valence-electron chi connectivity index (χ4n) is 2.56. The van der Waals surface area contributed by atoms with Gasteiger partial charge in [0.1, 0.15) is 17.3 Å². The summed E-state index contributed by atoms with van der Waals surface area (Å²) < 4.78 is 23.8. The van der Waals surface area contributed by atoms with Crippen molar-refractivity contribution in [2.75, 3.05) is 6.61 Å². The molecule has 1 unspecified atom stereocenters. The summed E-state index contributed by atoms with van der Waals surface area (Å²) in [5.74, 6) is -0.789. The van der Waals surface area contributed by atoms with Crippen molar-refractivity contribution in [3.05, 3.63) is 59.4 Å². The molecule has 1 atom stereocenters. The van der Waals surface area contributed by atoms with Crippen molar-refractivity contribution in [3.8, 4) is 11.5 Å². The number of benzene rings is 2. The highest BCUT2D eigenvalue weighted by Crippen LogP contribution is 2.29. The van der Waals surface area contributed by atoms with Crippen LogP contribution in [0.2, 0.25) is 0 Å². The molecule has 2 aromatic rings. The first-order valence-corrected chi connectivity index (χ1v) is 7.67. The largest absolute Gasteiger partial charge is 0.482 e. The number of carbonyl (C=O) groups is 2. The van der Waals surface area contributed by atoms with E-state index in [9.17, 15) is 14.0 Å². The number of aliphatic carboxylic acids is 1. The average Bonchev–Trinajstić information content (AvgIpc) is 3.01. The first-order chi connectivity index (χ1) is 12.0. The van der Waals surface area contributed by atoms with E-state index in [2.05, 4.69) is 5.32 Å². The quantitative estimate of drug-likeness (QED) is 0.835. The van der Waals surface area contributed by atoms with Crippen LogP contribution in [0.15, 0.2) is 42.5 Å². The molecule has 7 heteroatoms. The van der Waals surface area contributed by atoms with Crippen molar-refractivity contribution in [2.45, 2.75) is 19.1 Å². The topological polar surface area (TPSA) is 84.9 Å². The normalized spacial score (nSPS) is 15.2. The predicted octanol–water partition coefficient (Wildman–Crippen LogP) is 1.91. The molecule has 0 saturated heterocycles. The first-order valence-electron chi connectivity index (χ1n) is 7.67. The third kappa shape index (κ3) is 4.26. The number of carboxylic acid groups (broad SMARTS) is 1. The molecular weight excluding hydrogens is 329 g/mol. The number of fused-ring (bicyclic) bond motifs is 1. The van der Waals surface area contributed by atoms with Crippen LogP contribution in [0.4, 0.5) is 4.39 Å². The highest BCUT2D eigenvalue weighted by atomic mass is 19.1. The van der Waals surface area contributed by atoms with Gasteiger partial charge in [-0.15, -0.1) is 0 Å². The maximum absolute atomic E-state index is 13.2. The smallest absolute Gasteiger partial charge is 0.341 e. The van der Waals surface area contributed by atoms with Crippen LogP contribution in [0.3, 0.4) is 0 Å². The van der Waals surface area contributed by atoms with E-state index in [-0.39, 0.29) is 18.3 Å².